The molecule has 0 aliphatic carbocycles. The Bertz CT molecular complexity index is 744. The average molecular weight is 383 g/mol. The number of hydrogen-bond acceptors (Lipinski definition) is 4. The molecule has 1 amide bonds. The van der Waals surface area contributed by atoms with Crippen LogP contribution >= 0.6 is 0 Å². The number of carbonyl (C=O) groups excluding carboxylic acids is 1. The first kappa shape index (κ1) is 20.2. The Labute approximate surface area is 167 Å². The van der Waals surface area contributed by atoms with Gasteiger partial charge in [0, 0.05) is 23.9 Å². The molecule has 28 heavy (non-hydrogen) atoms. The lowest BCUT2D eigenvalue weighted by Gasteiger charge is -2.26. The van der Waals surface area contributed by atoms with Gasteiger partial charge in [0.15, 0.2) is 0 Å². The topological polar surface area (TPSA) is 50.8 Å². The van der Waals surface area contributed by atoms with Gasteiger partial charge in [-0.3, -0.25) is 9.69 Å². The van der Waals surface area contributed by atoms with Crippen molar-refractivity contribution in [3.05, 3.63) is 53.6 Å². The Morgan fingerprint density at radius 2 is 1.54 bits per heavy atom. The molecule has 0 bridgehead atoms. The Morgan fingerprint density at radius 3 is 2.11 bits per heavy atom. The molecule has 0 spiro atoms. The number of piperidine rings is 1. The van der Waals surface area contributed by atoms with E-state index in [1.165, 1.54) is 37.9 Å². The molecule has 2 aromatic rings. The van der Waals surface area contributed by atoms with Crippen LogP contribution in [-0.4, -0.2) is 37.1 Å². The maximum Gasteiger partial charge on any atom is 0.255 e. The highest BCUT2D eigenvalue weighted by molar-refractivity contribution is 6.04. The third-order valence-electron chi connectivity index (χ3n) is 4.83. The zero-order valence-electron chi connectivity index (χ0n) is 16.9. The minimum Gasteiger partial charge on any atom is -0.494 e. The number of likely N-dealkylation sites (tertiary alicyclic amines) is 1. The number of ether oxygens (including phenoxy) is 2. The second-order valence-electron chi connectivity index (χ2n) is 7.05. The van der Waals surface area contributed by atoms with Crippen LogP contribution in [0, 0.1) is 0 Å². The minimum absolute atomic E-state index is 0.175. The lowest BCUT2D eigenvalue weighted by molar-refractivity contribution is 0.102. The van der Waals surface area contributed by atoms with Crippen LogP contribution in [0.4, 0.5) is 5.69 Å². The molecule has 0 saturated carbocycles. The number of rotatable bonds is 8. The summed E-state index contributed by atoms with van der Waals surface area (Å²) in [5.41, 5.74) is 2.58. The van der Waals surface area contributed by atoms with Crippen molar-refractivity contribution in [2.75, 3.05) is 31.6 Å². The summed E-state index contributed by atoms with van der Waals surface area (Å²) in [5, 5.41) is 2.96. The van der Waals surface area contributed by atoms with Crippen molar-refractivity contribution in [3.8, 4) is 11.5 Å². The van der Waals surface area contributed by atoms with Gasteiger partial charge in [0.25, 0.3) is 5.91 Å². The van der Waals surface area contributed by atoms with Crippen molar-refractivity contribution in [3.63, 3.8) is 0 Å². The average Bonchev–Trinajstić information content (AvgIpc) is 2.70. The molecular formula is C23H30N2O3. The molecule has 3 rings (SSSR count). The molecule has 1 N–H and O–H groups in total. The predicted molar refractivity (Wildman–Crippen MR) is 112 cm³/mol. The summed E-state index contributed by atoms with van der Waals surface area (Å²) in [4.78, 5) is 15.2. The summed E-state index contributed by atoms with van der Waals surface area (Å²) in [6.07, 6.45) is 3.92. The van der Waals surface area contributed by atoms with Gasteiger partial charge in [0.05, 0.1) is 13.2 Å². The molecule has 1 aliphatic rings. The zero-order chi connectivity index (χ0) is 19.8. The Balaban J connectivity index is 1.65. The number of benzene rings is 2. The first-order chi connectivity index (χ1) is 13.7. The van der Waals surface area contributed by atoms with Crippen molar-refractivity contribution < 1.29 is 14.3 Å². The molecule has 0 aromatic heterocycles. The predicted octanol–water partition coefficient (Wildman–Crippen LogP) is 4.72. The van der Waals surface area contributed by atoms with Crippen molar-refractivity contribution in [2.24, 2.45) is 0 Å². The van der Waals surface area contributed by atoms with Crippen molar-refractivity contribution in [1.82, 2.24) is 4.90 Å². The maximum atomic E-state index is 12.7. The summed E-state index contributed by atoms with van der Waals surface area (Å²) in [6.45, 7) is 8.23. The van der Waals surface area contributed by atoms with Crippen molar-refractivity contribution in [2.45, 2.75) is 39.7 Å². The van der Waals surface area contributed by atoms with Gasteiger partial charge in [0.1, 0.15) is 11.5 Å². The van der Waals surface area contributed by atoms with E-state index in [4.69, 9.17) is 9.47 Å². The Kier molecular flexibility index (Phi) is 7.31. The molecule has 1 aliphatic heterocycles. The summed E-state index contributed by atoms with van der Waals surface area (Å²) in [6, 6.07) is 13.4. The number of nitrogens with zero attached hydrogens (tertiary/aromatic N) is 1. The fourth-order valence-electron chi connectivity index (χ4n) is 3.48. The van der Waals surface area contributed by atoms with Gasteiger partial charge in [-0.1, -0.05) is 18.6 Å². The molecule has 0 atom stereocenters. The van der Waals surface area contributed by atoms with Crippen LogP contribution in [0.15, 0.2) is 42.5 Å². The van der Waals surface area contributed by atoms with Gasteiger partial charge < -0.3 is 14.8 Å². The fourth-order valence-corrected chi connectivity index (χ4v) is 3.48. The van der Waals surface area contributed by atoms with E-state index >= 15 is 0 Å². The van der Waals surface area contributed by atoms with Crippen molar-refractivity contribution >= 4 is 11.6 Å². The van der Waals surface area contributed by atoms with Gasteiger partial charge in [-0.05, 0) is 69.6 Å². The van der Waals surface area contributed by atoms with Crippen LogP contribution < -0.4 is 14.8 Å². The van der Waals surface area contributed by atoms with Gasteiger partial charge in [-0.15, -0.1) is 0 Å². The summed E-state index contributed by atoms with van der Waals surface area (Å²) >= 11 is 0. The Morgan fingerprint density at radius 1 is 0.929 bits per heavy atom. The van der Waals surface area contributed by atoms with E-state index in [2.05, 4.69) is 22.3 Å². The fraction of sp³-hybridized carbons (Fsp3) is 0.435. The van der Waals surface area contributed by atoms with E-state index in [0.29, 0.717) is 30.3 Å². The lowest BCUT2D eigenvalue weighted by atomic mass is 10.1. The van der Waals surface area contributed by atoms with Crippen LogP contribution in [0.3, 0.4) is 0 Å². The van der Waals surface area contributed by atoms with Crippen LogP contribution in [-0.2, 0) is 6.54 Å². The van der Waals surface area contributed by atoms with Gasteiger partial charge >= 0.3 is 0 Å². The number of hydrogen-bond donors (Lipinski definition) is 1. The van der Waals surface area contributed by atoms with Crippen LogP contribution in [0.5, 0.6) is 11.5 Å². The van der Waals surface area contributed by atoms with E-state index in [-0.39, 0.29) is 5.91 Å². The number of carbonyl (C=O) groups is 1. The van der Waals surface area contributed by atoms with E-state index in [0.717, 1.165) is 12.2 Å². The highest BCUT2D eigenvalue weighted by Crippen LogP contribution is 2.24. The molecule has 1 heterocycles. The molecule has 1 saturated heterocycles. The third kappa shape index (κ3) is 5.73. The second-order valence-corrected chi connectivity index (χ2v) is 7.05. The molecule has 5 nitrogen and oxygen atoms in total. The van der Waals surface area contributed by atoms with Crippen LogP contribution in [0.1, 0.15) is 49.0 Å². The number of anilines is 1. The third-order valence-corrected chi connectivity index (χ3v) is 4.83. The quantitative estimate of drug-likeness (QED) is 0.718. The lowest BCUT2D eigenvalue weighted by Crippen LogP contribution is -2.29. The van der Waals surface area contributed by atoms with Crippen molar-refractivity contribution in [1.29, 1.82) is 0 Å². The molecule has 2 aromatic carbocycles. The normalized spacial score (nSPS) is 14.5. The standard InChI is InChI=1S/C23H30N2O3/c1-3-27-21-14-19(15-22(16-21)28-4-2)23(26)24-20-10-8-18(9-11-20)17-25-12-6-5-7-13-25/h8-11,14-16H,3-7,12-13,17H2,1-2H3,(H,24,26). The summed E-state index contributed by atoms with van der Waals surface area (Å²) in [7, 11) is 0. The Hall–Kier alpha value is -2.53. The highest BCUT2D eigenvalue weighted by atomic mass is 16.5. The van der Waals surface area contributed by atoms with Gasteiger partial charge in [-0.25, -0.2) is 0 Å². The molecule has 5 heteroatoms. The maximum absolute atomic E-state index is 12.7. The molecule has 1 fully saturated rings. The smallest absolute Gasteiger partial charge is 0.255 e. The minimum atomic E-state index is -0.175. The molecule has 150 valence electrons. The SMILES string of the molecule is CCOc1cc(OCC)cc(C(=O)Nc2ccc(CN3CCCCC3)cc2)c1. The van der Waals surface area contributed by atoms with Crippen LogP contribution in [0.2, 0.25) is 0 Å². The van der Waals surface area contributed by atoms with Gasteiger partial charge in [-0.2, -0.15) is 0 Å². The van der Waals surface area contributed by atoms with E-state index in [9.17, 15) is 4.79 Å². The van der Waals surface area contributed by atoms with E-state index in [1.807, 2.05) is 26.0 Å². The first-order valence-corrected chi connectivity index (χ1v) is 10.2. The summed E-state index contributed by atoms with van der Waals surface area (Å²) in [5.74, 6) is 1.09. The summed E-state index contributed by atoms with van der Waals surface area (Å²) < 4.78 is 11.1. The molecule has 0 radical (unpaired) electrons. The number of nitrogens with one attached hydrogen (secondary N) is 1. The molecular weight excluding hydrogens is 352 g/mol. The zero-order valence-corrected chi connectivity index (χ0v) is 16.9. The van der Waals surface area contributed by atoms with Gasteiger partial charge in [0.2, 0.25) is 0 Å². The van der Waals surface area contributed by atoms with E-state index < -0.39 is 0 Å². The number of amides is 1. The van der Waals surface area contributed by atoms with E-state index in [1.54, 1.807) is 18.2 Å². The first-order valence-electron chi connectivity index (χ1n) is 10.2. The largest absolute Gasteiger partial charge is 0.494 e. The highest BCUT2D eigenvalue weighted by Gasteiger charge is 2.12. The van der Waals surface area contributed by atoms with Crippen LogP contribution in [0.25, 0.3) is 0 Å². The second kappa shape index (κ2) is 10.1. The monoisotopic (exact) mass is 382 g/mol. The molecule has 0 unspecified atom stereocenters.